The minimum absolute atomic E-state index is 0.0441. The molecule has 2 heterocycles. The van der Waals surface area contributed by atoms with Gasteiger partial charge in [0.15, 0.2) is 0 Å². The van der Waals surface area contributed by atoms with Crippen molar-refractivity contribution in [3.8, 4) is 0 Å². The summed E-state index contributed by atoms with van der Waals surface area (Å²) in [5.74, 6) is 0.892. The minimum atomic E-state index is -0.0441. The zero-order valence-electron chi connectivity index (χ0n) is 7.73. The predicted octanol–water partition coefficient (Wildman–Crippen LogP) is 0.988. The average Bonchev–Trinajstić information content (AvgIpc) is 2.45. The van der Waals surface area contributed by atoms with Crippen molar-refractivity contribution < 1.29 is 0 Å². The van der Waals surface area contributed by atoms with Gasteiger partial charge >= 0.3 is 0 Å². The summed E-state index contributed by atoms with van der Waals surface area (Å²) in [4.78, 5) is 8.45. The zero-order valence-corrected chi connectivity index (χ0v) is 7.73. The quantitative estimate of drug-likeness (QED) is 0.704. The number of hydrogen-bond donors (Lipinski definition) is 1. The Kier molecular flexibility index (Phi) is 1.77. The molecule has 0 unspecified atom stereocenters. The molecule has 0 aliphatic rings. The Bertz CT molecular complexity index is 430. The maximum Gasteiger partial charge on any atom is 0.126 e. The van der Waals surface area contributed by atoms with E-state index in [1.807, 2.05) is 24.6 Å². The van der Waals surface area contributed by atoms with E-state index in [1.165, 1.54) is 0 Å². The summed E-state index contributed by atoms with van der Waals surface area (Å²) in [6, 6.07) is 1.85. The normalized spacial score (nSPS) is 13.5. The van der Waals surface area contributed by atoms with Crippen LogP contribution in [-0.4, -0.2) is 14.5 Å². The fourth-order valence-corrected chi connectivity index (χ4v) is 1.46. The number of hydrogen-bond acceptors (Lipinski definition) is 3. The van der Waals surface area contributed by atoms with Gasteiger partial charge < -0.3 is 10.3 Å². The van der Waals surface area contributed by atoms with Crippen molar-refractivity contribution in [3.63, 3.8) is 0 Å². The van der Waals surface area contributed by atoms with E-state index in [1.54, 1.807) is 12.4 Å². The standard InChI is InChI=1S/C9H12N4/c1-6(10)9-12-7-3-4-11-5-8(7)13(9)2/h3-6H,10H2,1-2H3/t6-/m0/s1. The highest BCUT2D eigenvalue weighted by atomic mass is 15.1. The molecule has 13 heavy (non-hydrogen) atoms. The molecule has 0 saturated heterocycles. The number of nitrogens with two attached hydrogens (primary N) is 1. The van der Waals surface area contributed by atoms with Crippen LogP contribution in [0.3, 0.4) is 0 Å². The highest BCUT2D eigenvalue weighted by Gasteiger charge is 2.09. The zero-order chi connectivity index (χ0) is 9.42. The van der Waals surface area contributed by atoms with E-state index in [0.717, 1.165) is 16.9 Å². The van der Waals surface area contributed by atoms with E-state index in [9.17, 15) is 0 Å². The maximum absolute atomic E-state index is 5.77. The van der Waals surface area contributed by atoms with Crippen LogP contribution in [0.25, 0.3) is 11.0 Å². The molecule has 0 aliphatic carbocycles. The molecule has 2 rings (SSSR count). The second kappa shape index (κ2) is 2.81. The molecule has 0 fully saturated rings. The smallest absolute Gasteiger partial charge is 0.126 e. The van der Waals surface area contributed by atoms with E-state index >= 15 is 0 Å². The Balaban J connectivity index is 2.74. The molecule has 1 atom stereocenters. The first kappa shape index (κ1) is 8.19. The van der Waals surface area contributed by atoms with Crippen LogP contribution in [0.5, 0.6) is 0 Å². The average molecular weight is 176 g/mol. The molecule has 0 radical (unpaired) electrons. The van der Waals surface area contributed by atoms with Crippen LogP contribution in [0, 0.1) is 0 Å². The van der Waals surface area contributed by atoms with Crippen LogP contribution in [-0.2, 0) is 7.05 Å². The number of pyridine rings is 1. The lowest BCUT2D eigenvalue weighted by atomic mass is 10.3. The Morgan fingerprint density at radius 3 is 2.92 bits per heavy atom. The molecular formula is C9H12N4. The van der Waals surface area contributed by atoms with Gasteiger partial charge in [-0.3, -0.25) is 4.98 Å². The number of imidazole rings is 1. The summed E-state index contributed by atoms with van der Waals surface area (Å²) in [7, 11) is 1.95. The largest absolute Gasteiger partial charge is 0.329 e. The first-order valence-electron chi connectivity index (χ1n) is 4.22. The van der Waals surface area contributed by atoms with Gasteiger partial charge in [0.1, 0.15) is 5.82 Å². The summed E-state index contributed by atoms with van der Waals surface area (Å²) < 4.78 is 1.98. The summed E-state index contributed by atoms with van der Waals surface area (Å²) in [5, 5.41) is 0. The van der Waals surface area contributed by atoms with Crippen molar-refractivity contribution in [2.24, 2.45) is 12.8 Å². The summed E-state index contributed by atoms with van der Waals surface area (Å²) in [5.41, 5.74) is 7.75. The second-order valence-corrected chi connectivity index (χ2v) is 3.18. The topological polar surface area (TPSA) is 56.7 Å². The lowest BCUT2D eigenvalue weighted by Crippen LogP contribution is -2.11. The van der Waals surface area contributed by atoms with Gasteiger partial charge in [0.2, 0.25) is 0 Å². The molecular weight excluding hydrogens is 164 g/mol. The summed E-state index contributed by atoms with van der Waals surface area (Å²) >= 11 is 0. The number of nitrogens with zero attached hydrogens (tertiary/aromatic N) is 3. The van der Waals surface area contributed by atoms with Crippen LogP contribution >= 0.6 is 0 Å². The number of rotatable bonds is 1. The van der Waals surface area contributed by atoms with Crippen LogP contribution < -0.4 is 5.73 Å². The van der Waals surface area contributed by atoms with Gasteiger partial charge in [0, 0.05) is 13.2 Å². The molecule has 0 bridgehead atoms. The molecule has 4 nitrogen and oxygen atoms in total. The second-order valence-electron chi connectivity index (χ2n) is 3.18. The summed E-state index contributed by atoms with van der Waals surface area (Å²) in [6.07, 6.45) is 3.54. The van der Waals surface area contributed by atoms with Crippen LogP contribution in [0.4, 0.5) is 0 Å². The van der Waals surface area contributed by atoms with Gasteiger partial charge in [-0.2, -0.15) is 0 Å². The van der Waals surface area contributed by atoms with E-state index in [2.05, 4.69) is 9.97 Å². The van der Waals surface area contributed by atoms with E-state index in [0.29, 0.717) is 0 Å². The van der Waals surface area contributed by atoms with Gasteiger partial charge in [0.25, 0.3) is 0 Å². The Labute approximate surface area is 76.4 Å². The number of aryl methyl sites for hydroxylation is 1. The van der Waals surface area contributed by atoms with Gasteiger partial charge in [-0.1, -0.05) is 0 Å². The first-order valence-corrected chi connectivity index (χ1v) is 4.22. The third kappa shape index (κ3) is 1.19. The third-order valence-electron chi connectivity index (χ3n) is 2.12. The Morgan fingerprint density at radius 2 is 2.31 bits per heavy atom. The van der Waals surface area contributed by atoms with Crippen molar-refractivity contribution in [2.45, 2.75) is 13.0 Å². The monoisotopic (exact) mass is 176 g/mol. The van der Waals surface area contributed by atoms with Crippen molar-refractivity contribution in [2.75, 3.05) is 0 Å². The fourth-order valence-electron chi connectivity index (χ4n) is 1.46. The molecule has 2 aromatic heterocycles. The first-order chi connectivity index (χ1) is 6.20. The molecule has 0 aromatic carbocycles. The lowest BCUT2D eigenvalue weighted by Gasteiger charge is -2.04. The molecule has 0 saturated carbocycles. The van der Waals surface area contributed by atoms with Crippen molar-refractivity contribution in [3.05, 3.63) is 24.3 Å². The molecule has 0 amide bonds. The van der Waals surface area contributed by atoms with Gasteiger partial charge in [-0.25, -0.2) is 4.98 Å². The molecule has 4 heteroatoms. The van der Waals surface area contributed by atoms with Crippen LogP contribution in [0.2, 0.25) is 0 Å². The highest BCUT2D eigenvalue weighted by molar-refractivity contribution is 5.74. The number of aromatic nitrogens is 3. The SMILES string of the molecule is C[C@H](N)c1nc2ccncc2n1C. The van der Waals surface area contributed by atoms with Gasteiger partial charge in [-0.05, 0) is 13.0 Å². The van der Waals surface area contributed by atoms with Crippen molar-refractivity contribution >= 4 is 11.0 Å². The fraction of sp³-hybridized carbons (Fsp3) is 0.333. The minimum Gasteiger partial charge on any atom is -0.329 e. The highest BCUT2D eigenvalue weighted by Crippen LogP contribution is 2.16. The predicted molar refractivity (Wildman–Crippen MR) is 51.1 cm³/mol. The van der Waals surface area contributed by atoms with Crippen molar-refractivity contribution in [1.29, 1.82) is 0 Å². The lowest BCUT2D eigenvalue weighted by molar-refractivity contribution is 0.696. The van der Waals surface area contributed by atoms with E-state index in [4.69, 9.17) is 5.73 Å². The van der Waals surface area contributed by atoms with Crippen LogP contribution in [0.1, 0.15) is 18.8 Å². The number of fused-ring (bicyclic) bond motifs is 1. The van der Waals surface area contributed by atoms with Crippen LogP contribution in [0.15, 0.2) is 18.5 Å². The Hall–Kier alpha value is -1.42. The molecule has 0 aliphatic heterocycles. The molecule has 2 N–H and O–H groups in total. The summed E-state index contributed by atoms with van der Waals surface area (Å²) in [6.45, 7) is 1.93. The van der Waals surface area contributed by atoms with Gasteiger partial charge in [-0.15, -0.1) is 0 Å². The van der Waals surface area contributed by atoms with E-state index < -0.39 is 0 Å². The molecule has 0 spiro atoms. The maximum atomic E-state index is 5.77. The Morgan fingerprint density at radius 1 is 1.54 bits per heavy atom. The van der Waals surface area contributed by atoms with Gasteiger partial charge in [0.05, 0.1) is 23.3 Å². The molecule has 2 aromatic rings. The van der Waals surface area contributed by atoms with Crippen molar-refractivity contribution in [1.82, 2.24) is 14.5 Å². The molecule has 68 valence electrons. The van der Waals surface area contributed by atoms with E-state index in [-0.39, 0.29) is 6.04 Å². The third-order valence-corrected chi connectivity index (χ3v) is 2.12.